The molecule has 0 bridgehead atoms. The van der Waals surface area contributed by atoms with E-state index in [0.29, 0.717) is 17.1 Å². The van der Waals surface area contributed by atoms with Crippen molar-refractivity contribution < 1.29 is 32.9 Å². The van der Waals surface area contributed by atoms with Crippen LogP contribution < -0.4 is 25.5 Å². The number of hydrogen-bond acceptors (Lipinski definition) is 6. The zero-order chi connectivity index (χ0) is 26.0. The smallest absolute Gasteiger partial charge is 0.407 e. The third-order valence-corrected chi connectivity index (χ3v) is 6.07. The van der Waals surface area contributed by atoms with Crippen molar-refractivity contribution in [3.8, 4) is 17.2 Å². The number of likely N-dealkylation sites (tertiary alicyclic amines) is 1. The Kier molecular flexibility index (Phi) is 7.13. The van der Waals surface area contributed by atoms with E-state index in [1.165, 1.54) is 37.0 Å². The molecule has 192 valence electrons. The standard InChI is InChI=1S/C24H25F2N3O7/c1-34-20-6-3-14(7-21(20)35-2)11-28-22(30)18-8-16(36-17(9-25)10-26)4-5-19(18)29(23(28)31)15-12-27(13-15)24(32)33/h3-8,15,17H,9-13H2,1-2H3,(H,32,33). The molecule has 1 fully saturated rings. The molecule has 0 saturated carbocycles. The molecule has 1 saturated heterocycles. The number of methoxy groups -OCH3 is 2. The maximum atomic E-state index is 13.5. The number of amides is 1. The average molecular weight is 505 g/mol. The first-order valence-electron chi connectivity index (χ1n) is 11.1. The van der Waals surface area contributed by atoms with Gasteiger partial charge in [-0.15, -0.1) is 0 Å². The Balaban J connectivity index is 1.84. The van der Waals surface area contributed by atoms with Crippen LogP contribution >= 0.6 is 0 Å². The van der Waals surface area contributed by atoms with Gasteiger partial charge in [0.1, 0.15) is 19.1 Å². The lowest BCUT2D eigenvalue weighted by molar-refractivity contribution is 0.0850. The number of nitrogens with zero attached hydrogens (tertiary/aromatic N) is 3. The van der Waals surface area contributed by atoms with Crippen LogP contribution in [-0.2, 0) is 6.54 Å². The van der Waals surface area contributed by atoms with E-state index < -0.39 is 42.8 Å². The molecule has 1 amide bonds. The maximum Gasteiger partial charge on any atom is 0.407 e. The van der Waals surface area contributed by atoms with E-state index in [1.54, 1.807) is 18.2 Å². The number of halogens is 2. The lowest BCUT2D eigenvalue weighted by Gasteiger charge is -2.38. The monoisotopic (exact) mass is 505 g/mol. The van der Waals surface area contributed by atoms with Crippen molar-refractivity contribution in [2.45, 2.75) is 18.7 Å². The second kappa shape index (κ2) is 10.3. The summed E-state index contributed by atoms with van der Waals surface area (Å²) in [5.41, 5.74) is -0.386. The Hall–Kier alpha value is -4.09. The second-order valence-electron chi connectivity index (χ2n) is 8.30. The van der Waals surface area contributed by atoms with E-state index in [-0.39, 0.29) is 36.3 Å². The van der Waals surface area contributed by atoms with Gasteiger partial charge < -0.3 is 24.2 Å². The van der Waals surface area contributed by atoms with Crippen LogP contribution in [0.25, 0.3) is 10.9 Å². The molecule has 0 unspecified atom stereocenters. The Morgan fingerprint density at radius 2 is 1.75 bits per heavy atom. The van der Waals surface area contributed by atoms with Gasteiger partial charge in [0.25, 0.3) is 5.56 Å². The number of ether oxygens (including phenoxy) is 3. The van der Waals surface area contributed by atoms with Crippen LogP contribution in [0.3, 0.4) is 0 Å². The zero-order valence-electron chi connectivity index (χ0n) is 19.6. The molecule has 2 aromatic carbocycles. The first-order chi connectivity index (χ1) is 17.3. The minimum atomic E-state index is -1.32. The van der Waals surface area contributed by atoms with Gasteiger partial charge in [0, 0.05) is 13.1 Å². The number of hydrogen-bond donors (Lipinski definition) is 1. The second-order valence-corrected chi connectivity index (χ2v) is 8.30. The number of alkyl halides is 2. The van der Waals surface area contributed by atoms with Crippen LogP contribution in [-0.4, -0.2) is 72.0 Å². The highest BCUT2D eigenvalue weighted by Gasteiger charge is 2.34. The molecule has 36 heavy (non-hydrogen) atoms. The number of carbonyl (C=O) groups is 1. The molecule has 2 heterocycles. The number of benzene rings is 2. The van der Waals surface area contributed by atoms with Gasteiger partial charge in [0.05, 0.1) is 37.7 Å². The fourth-order valence-corrected chi connectivity index (χ4v) is 4.16. The molecule has 0 aliphatic carbocycles. The van der Waals surface area contributed by atoms with Crippen molar-refractivity contribution in [3.05, 3.63) is 62.8 Å². The SMILES string of the molecule is COc1ccc(Cn2c(=O)c3cc(OC(CF)CF)ccc3n(C3CN(C(=O)O)C3)c2=O)cc1OC. The number of carboxylic acid groups (broad SMARTS) is 1. The summed E-state index contributed by atoms with van der Waals surface area (Å²) in [7, 11) is 2.95. The van der Waals surface area contributed by atoms with Crippen molar-refractivity contribution in [3.63, 3.8) is 0 Å². The van der Waals surface area contributed by atoms with E-state index in [9.17, 15) is 28.3 Å². The summed E-state index contributed by atoms with van der Waals surface area (Å²) in [6.45, 7) is -2.06. The van der Waals surface area contributed by atoms with Crippen LogP contribution in [0.15, 0.2) is 46.0 Å². The van der Waals surface area contributed by atoms with Crippen molar-refractivity contribution in [1.82, 2.24) is 14.0 Å². The van der Waals surface area contributed by atoms with Crippen LogP contribution in [0, 0.1) is 0 Å². The summed E-state index contributed by atoms with van der Waals surface area (Å²) in [5.74, 6) is 0.966. The minimum absolute atomic E-state index is 0.0724. The highest BCUT2D eigenvalue weighted by atomic mass is 19.1. The Bertz CT molecular complexity index is 1390. The summed E-state index contributed by atoms with van der Waals surface area (Å²) in [6, 6.07) is 8.70. The van der Waals surface area contributed by atoms with Crippen LogP contribution in [0.2, 0.25) is 0 Å². The Labute approximate surface area is 203 Å². The number of aromatic nitrogens is 2. The average Bonchev–Trinajstić information content (AvgIpc) is 2.85. The highest BCUT2D eigenvalue weighted by Crippen LogP contribution is 2.28. The third kappa shape index (κ3) is 4.58. The lowest BCUT2D eigenvalue weighted by atomic mass is 10.1. The van der Waals surface area contributed by atoms with Crippen molar-refractivity contribution >= 4 is 17.0 Å². The van der Waals surface area contributed by atoms with Crippen LogP contribution in [0.5, 0.6) is 17.2 Å². The number of rotatable bonds is 9. The molecule has 3 aromatic rings. The fraction of sp³-hybridized carbons (Fsp3) is 0.375. The third-order valence-electron chi connectivity index (χ3n) is 6.07. The molecule has 4 rings (SSSR count). The van der Waals surface area contributed by atoms with Crippen LogP contribution in [0.4, 0.5) is 13.6 Å². The Morgan fingerprint density at radius 1 is 1.06 bits per heavy atom. The minimum Gasteiger partial charge on any atom is -0.493 e. The normalized spacial score (nSPS) is 13.6. The quantitative estimate of drug-likeness (QED) is 0.475. The predicted molar refractivity (Wildman–Crippen MR) is 126 cm³/mol. The van der Waals surface area contributed by atoms with E-state index in [0.717, 1.165) is 9.47 Å². The summed E-state index contributed by atoms with van der Waals surface area (Å²) in [4.78, 5) is 39.4. The van der Waals surface area contributed by atoms with Crippen LogP contribution in [0.1, 0.15) is 11.6 Å². The topological polar surface area (TPSA) is 112 Å². The summed E-state index contributed by atoms with van der Waals surface area (Å²) in [5, 5.41) is 9.31. The van der Waals surface area contributed by atoms with E-state index in [2.05, 4.69) is 0 Å². The van der Waals surface area contributed by atoms with Crippen molar-refractivity contribution in [2.75, 3.05) is 40.7 Å². The molecule has 12 heteroatoms. The van der Waals surface area contributed by atoms with Gasteiger partial charge in [-0.05, 0) is 35.9 Å². The van der Waals surface area contributed by atoms with Gasteiger partial charge in [0.15, 0.2) is 17.6 Å². The fourth-order valence-electron chi connectivity index (χ4n) is 4.16. The van der Waals surface area contributed by atoms with Gasteiger partial charge >= 0.3 is 11.8 Å². The molecule has 0 radical (unpaired) electrons. The molecule has 1 aliphatic rings. The molecular formula is C24H25F2N3O7. The number of fused-ring (bicyclic) bond motifs is 1. The van der Waals surface area contributed by atoms with Crippen molar-refractivity contribution in [2.24, 2.45) is 0 Å². The van der Waals surface area contributed by atoms with E-state index in [1.807, 2.05) is 0 Å². The van der Waals surface area contributed by atoms with Gasteiger partial charge in [-0.25, -0.2) is 18.4 Å². The molecule has 0 atom stereocenters. The zero-order valence-corrected chi connectivity index (χ0v) is 19.6. The van der Waals surface area contributed by atoms with Gasteiger partial charge in [-0.1, -0.05) is 6.07 Å². The molecule has 0 spiro atoms. The lowest BCUT2D eigenvalue weighted by Crippen LogP contribution is -2.54. The maximum absolute atomic E-state index is 13.5. The summed E-state index contributed by atoms with van der Waals surface area (Å²) < 4.78 is 44.2. The van der Waals surface area contributed by atoms with Gasteiger partial charge in [-0.2, -0.15) is 0 Å². The van der Waals surface area contributed by atoms with Crippen molar-refractivity contribution in [1.29, 1.82) is 0 Å². The summed E-state index contributed by atoms with van der Waals surface area (Å²) >= 11 is 0. The highest BCUT2D eigenvalue weighted by molar-refractivity contribution is 5.80. The molecule has 1 N–H and O–H groups in total. The van der Waals surface area contributed by atoms with Gasteiger partial charge in [-0.3, -0.25) is 13.9 Å². The molecule has 10 nitrogen and oxygen atoms in total. The van der Waals surface area contributed by atoms with E-state index >= 15 is 0 Å². The molecule has 1 aliphatic heterocycles. The van der Waals surface area contributed by atoms with Gasteiger partial charge in [0.2, 0.25) is 0 Å². The van der Waals surface area contributed by atoms with E-state index in [4.69, 9.17) is 14.2 Å². The first kappa shape index (κ1) is 25.0. The Morgan fingerprint density at radius 3 is 2.36 bits per heavy atom. The first-order valence-corrected chi connectivity index (χ1v) is 11.1. The molecular weight excluding hydrogens is 480 g/mol. The summed E-state index contributed by atoms with van der Waals surface area (Å²) in [6.07, 6.45) is -2.43. The predicted octanol–water partition coefficient (Wildman–Crippen LogP) is 2.45. The molecule has 1 aromatic heterocycles. The largest absolute Gasteiger partial charge is 0.493 e.